The minimum Gasteiger partial charge on any atom is -0.491 e. The van der Waals surface area contributed by atoms with Gasteiger partial charge in [-0.15, -0.1) is 0 Å². The maximum atomic E-state index is 11.9. The van der Waals surface area contributed by atoms with Crippen LogP contribution in [0.5, 0.6) is 5.75 Å². The molecule has 1 heterocycles. The van der Waals surface area contributed by atoms with Gasteiger partial charge in [-0.1, -0.05) is 18.2 Å². The molecule has 0 radical (unpaired) electrons. The highest BCUT2D eigenvalue weighted by atomic mass is 16.5. The fourth-order valence-electron chi connectivity index (χ4n) is 4.18. The Bertz CT molecular complexity index is 1340. The van der Waals surface area contributed by atoms with Gasteiger partial charge < -0.3 is 59.6 Å². The number of nitrogens with two attached hydrogens (primary N) is 2. The quantitative estimate of drug-likeness (QED) is 0.0896. The number of nitrogens with zero attached hydrogens (tertiary/aromatic N) is 1. The van der Waals surface area contributed by atoms with Crippen LogP contribution in [0.4, 0.5) is 5.69 Å². The Morgan fingerprint density at radius 1 is 0.857 bits per heavy atom. The number of methoxy groups -OCH3 is 2. The van der Waals surface area contributed by atoms with Crippen molar-refractivity contribution in [1.29, 1.82) is 0 Å². The van der Waals surface area contributed by atoms with E-state index in [2.05, 4.69) is 24.1 Å². The van der Waals surface area contributed by atoms with Crippen molar-refractivity contribution in [2.24, 2.45) is 11.5 Å². The fraction of sp³-hybridized carbons (Fsp3) is 0.528. The van der Waals surface area contributed by atoms with Gasteiger partial charge in [-0.05, 0) is 50.6 Å². The van der Waals surface area contributed by atoms with Gasteiger partial charge in [0.1, 0.15) is 17.9 Å². The Morgan fingerprint density at radius 2 is 1.49 bits per heavy atom. The first-order chi connectivity index (χ1) is 23.9. The zero-order valence-corrected chi connectivity index (χ0v) is 29.9. The van der Waals surface area contributed by atoms with Crippen molar-refractivity contribution in [3.05, 3.63) is 76.3 Å². The highest BCUT2D eigenvalue weighted by molar-refractivity contribution is 5.83. The number of hydrogen-bond donors (Lipinski definition) is 4. The Labute approximate surface area is 291 Å². The van der Waals surface area contributed by atoms with Gasteiger partial charge in [-0.3, -0.25) is 0 Å². The molecule has 0 saturated carbocycles. The molecule has 0 aliphatic carbocycles. The number of anilines is 1. The number of aliphatic hydroxyl groups excluding tert-OH is 1. The van der Waals surface area contributed by atoms with Crippen molar-refractivity contribution < 1.29 is 37.9 Å². The van der Waals surface area contributed by atoms with Gasteiger partial charge in [0.15, 0.2) is 0 Å². The van der Waals surface area contributed by atoms with E-state index in [0.29, 0.717) is 58.4 Å². The van der Waals surface area contributed by atoms with E-state index in [1.807, 2.05) is 49.4 Å². The second kappa shape index (κ2) is 28.2. The molecule has 13 heteroatoms. The van der Waals surface area contributed by atoms with Crippen molar-refractivity contribution >= 4 is 22.4 Å². The van der Waals surface area contributed by atoms with Crippen LogP contribution in [-0.4, -0.2) is 112 Å². The normalized spacial score (nSPS) is 11.0. The molecule has 3 aromatic rings. The van der Waals surface area contributed by atoms with E-state index in [1.165, 1.54) is 6.20 Å². The molecule has 13 nitrogen and oxygen atoms in total. The second-order valence-corrected chi connectivity index (χ2v) is 10.4. The van der Waals surface area contributed by atoms with E-state index >= 15 is 0 Å². The van der Waals surface area contributed by atoms with Gasteiger partial charge in [-0.25, -0.2) is 4.79 Å². The van der Waals surface area contributed by atoms with E-state index < -0.39 is 5.63 Å². The van der Waals surface area contributed by atoms with Crippen LogP contribution in [-0.2, 0) is 23.7 Å². The average Bonchev–Trinajstić information content (AvgIpc) is 3.11. The number of aliphatic hydroxyl groups is 1. The van der Waals surface area contributed by atoms with Crippen LogP contribution in [0, 0.1) is 6.92 Å². The lowest BCUT2D eigenvalue weighted by atomic mass is 10.1. The lowest BCUT2D eigenvalue weighted by molar-refractivity contribution is 0.00811. The van der Waals surface area contributed by atoms with Crippen LogP contribution in [0.2, 0.25) is 0 Å². The molecule has 0 spiro atoms. The van der Waals surface area contributed by atoms with Crippen molar-refractivity contribution in [3.63, 3.8) is 0 Å². The van der Waals surface area contributed by atoms with Gasteiger partial charge >= 0.3 is 5.63 Å². The molecule has 0 fully saturated rings. The standard InChI is InChI=1S/C15H19N3O2.C11H25NO5.C10H14O2/c1-3-18(4-2)11-6-5-10-7-12(13(17)9-16)15(19)20-14(10)8-11;1-14-5-2-12-3-6-15-8-10-17-11-9-16-7-4-13;1-9-5-3-4-6-10(9)12-8-7-11-2/h5-9H,3-4,16-17H2,1-2H3;12-13H,2-11H2,1H3;3-6H,7-8H2,1-2H3/b13-9-;;. The van der Waals surface area contributed by atoms with E-state index in [4.69, 9.17) is 49.4 Å². The summed E-state index contributed by atoms with van der Waals surface area (Å²) in [7, 11) is 3.35. The molecule has 0 atom stereocenters. The molecule has 0 amide bonds. The van der Waals surface area contributed by atoms with Crippen LogP contribution >= 0.6 is 0 Å². The molecule has 6 N–H and O–H groups in total. The Hall–Kier alpha value is -3.69. The number of fused-ring (bicyclic) bond motifs is 1. The third-order valence-corrected chi connectivity index (χ3v) is 6.86. The van der Waals surface area contributed by atoms with Crippen LogP contribution in [0.25, 0.3) is 16.7 Å². The Morgan fingerprint density at radius 3 is 2.10 bits per heavy atom. The number of hydrogen-bond acceptors (Lipinski definition) is 13. The average molecular weight is 691 g/mol. The molecule has 1 aromatic heterocycles. The Balaban J connectivity index is 0.000000379. The number of para-hydroxylation sites is 1. The Kier molecular flexibility index (Phi) is 24.9. The molecule has 3 rings (SSSR count). The third kappa shape index (κ3) is 18.6. The maximum absolute atomic E-state index is 11.9. The first-order valence-corrected chi connectivity index (χ1v) is 16.6. The van der Waals surface area contributed by atoms with E-state index in [9.17, 15) is 4.79 Å². The predicted molar refractivity (Wildman–Crippen MR) is 195 cm³/mol. The van der Waals surface area contributed by atoms with Gasteiger partial charge in [0, 0.05) is 63.7 Å². The summed E-state index contributed by atoms with van der Waals surface area (Å²) < 4.78 is 36.2. The van der Waals surface area contributed by atoms with Crippen molar-refractivity contribution in [2.45, 2.75) is 20.8 Å². The van der Waals surface area contributed by atoms with Gasteiger partial charge in [0.2, 0.25) is 0 Å². The molecule has 0 bridgehead atoms. The molecular formula is C36H58N4O9. The van der Waals surface area contributed by atoms with Crippen LogP contribution in [0.1, 0.15) is 25.0 Å². The third-order valence-electron chi connectivity index (χ3n) is 6.86. The molecular weight excluding hydrogens is 632 g/mol. The van der Waals surface area contributed by atoms with Crippen molar-refractivity contribution in [2.75, 3.05) is 111 Å². The SMILES string of the molecule is CCN(CC)c1ccc2cc(/C(N)=C/N)c(=O)oc2c1.COCCNCCOCCOCCOCCO.COCCOc1ccccc1C. The minimum absolute atomic E-state index is 0.0547. The molecule has 2 aromatic carbocycles. The van der Waals surface area contributed by atoms with Crippen LogP contribution in [0.3, 0.4) is 0 Å². The summed E-state index contributed by atoms with van der Waals surface area (Å²) in [4.78, 5) is 14.1. The van der Waals surface area contributed by atoms with Crippen LogP contribution in [0.15, 0.2) is 63.9 Å². The van der Waals surface area contributed by atoms with E-state index in [1.54, 1.807) is 20.3 Å². The second-order valence-electron chi connectivity index (χ2n) is 10.4. The number of ether oxygens (including phenoxy) is 6. The van der Waals surface area contributed by atoms with Gasteiger partial charge in [-0.2, -0.15) is 0 Å². The summed E-state index contributed by atoms with van der Waals surface area (Å²) in [5.74, 6) is 0.939. The number of nitrogens with one attached hydrogen (secondary N) is 1. The number of benzene rings is 2. The smallest absolute Gasteiger partial charge is 0.345 e. The largest absolute Gasteiger partial charge is 0.491 e. The lowest BCUT2D eigenvalue weighted by Gasteiger charge is -2.21. The van der Waals surface area contributed by atoms with Crippen LogP contribution < -0.4 is 32.0 Å². The fourth-order valence-corrected chi connectivity index (χ4v) is 4.18. The van der Waals surface area contributed by atoms with E-state index in [0.717, 1.165) is 55.2 Å². The monoisotopic (exact) mass is 690 g/mol. The summed E-state index contributed by atoms with van der Waals surface area (Å²) >= 11 is 0. The summed E-state index contributed by atoms with van der Waals surface area (Å²) in [5, 5.41) is 12.4. The van der Waals surface area contributed by atoms with Crippen molar-refractivity contribution in [3.8, 4) is 5.75 Å². The topological polar surface area (TPSA) is 173 Å². The molecule has 276 valence electrons. The molecule has 0 aliphatic rings. The van der Waals surface area contributed by atoms with Gasteiger partial charge in [0.25, 0.3) is 0 Å². The predicted octanol–water partition coefficient (Wildman–Crippen LogP) is 3.14. The first-order valence-electron chi connectivity index (χ1n) is 16.6. The highest BCUT2D eigenvalue weighted by Gasteiger charge is 2.10. The summed E-state index contributed by atoms with van der Waals surface area (Å²) in [6, 6.07) is 15.4. The zero-order chi connectivity index (χ0) is 36.1. The summed E-state index contributed by atoms with van der Waals surface area (Å²) in [6.07, 6.45) is 1.20. The van der Waals surface area contributed by atoms with E-state index in [-0.39, 0.29) is 17.9 Å². The van der Waals surface area contributed by atoms with Gasteiger partial charge in [0.05, 0.1) is 70.7 Å². The number of aryl methyl sites for hydroxylation is 1. The minimum atomic E-state index is -0.478. The lowest BCUT2D eigenvalue weighted by Crippen LogP contribution is -2.24. The maximum Gasteiger partial charge on any atom is 0.345 e. The molecule has 49 heavy (non-hydrogen) atoms. The first kappa shape index (κ1) is 43.3. The molecule has 0 unspecified atom stereocenters. The number of rotatable bonds is 22. The zero-order valence-electron chi connectivity index (χ0n) is 29.9. The molecule has 0 aliphatic heterocycles. The summed E-state index contributed by atoms with van der Waals surface area (Å²) in [5.41, 5.74) is 13.8. The van der Waals surface area contributed by atoms with Crippen molar-refractivity contribution in [1.82, 2.24) is 5.32 Å². The highest BCUT2D eigenvalue weighted by Crippen LogP contribution is 2.22. The molecule has 0 saturated heterocycles. The summed E-state index contributed by atoms with van der Waals surface area (Å²) in [6.45, 7) is 14.9.